The van der Waals surface area contributed by atoms with Crippen molar-refractivity contribution in [3.05, 3.63) is 12.7 Å². The summed E-state index contributed by atoms with van der Waals surface area (Å²) in [5.41, 5.74) is 0. The molecule has 0 radical (unpaired) electrons. The second-order valence-corrected chi connectivity index (χ2v) is 3.79. The summed E-state index contributed by atoms with van der Waals surface area (Å²) < 4.78 is 5.01. The van der Waals surface area contributed by atoms with Crippen LogP contribution in [0.3, 0.4) is 0 Å². The monoisotopic (exact) mass is 205 g/mol. The van der Waals surface area contributed by atoms with Crippen molar-refractivity contribution in [1.82, 2.24) is 4.90 Å². The normalized spacial score (nSPS) is 15.2. The molecule has 0 fully saturated rings. The van der Waals surface area contributed by atoms with Crippen LogP contribution in [0.15, 0.2) is 12.7 Å². The van der Waals surface area contributed by atoms with E-state index in [1.807, 2.05) is 25.9 Å². The summed E-state index contributed by atoms with van der Waals surface area (Å²) in [4.78, 5) is 12.8. The zero-order valence-electron chi connectivity index (χ0n) is 8.34. The number of halogens is 1. The average Bonchev–Trinajstić information content (AvgIpc) is 2.02. The van der Waals surface area contributed by atoms with Crippen molar-refractivity contribution in [1.29, 1.82) is 0 Å². The van der Waals surface area contributed by atoms with E-state index in [0.717, 1.165) is 6.08 Å². The van der Waals surface area contributed by atoms with Crippen LogP contribution in [0.5, 0.6) is 0 Å². The fraction of sp³-hybridized carbons (Fsp3) is 0.667. The molecule has 76 valence electrons. The van der Waals surface area contributed by atoms with E-state index in [9.17, 15) is 4.79 Å². The molecular weight excluding hydrogens is 190 g/mol. The van der Waals surface area contributed by atoms with Crippen LogP contribution in [-0.4, -0.2) is 36.6 Å². The number of carbonyl (C=O) groups is 1. The molecule has 13 heavy (non-hydrogen) atoms. The standard InChI is InChI=1S/C9H16ClNO2/c1-5-8(12)13-9(10,6-2)7-11(3)4/h5H,1,6-7H2,2-4H3. The van der Waals surface area contributed by atoms with Crippen molar-refractivity contribution >= 4 is 17.6 Å². The lowest BCUT2D eigenvalue weighted by molar-refractivity contribution is -0.147. The number of likely N-dealkylation sites (N-methyl/N-ethyl adjacent to an activating group) is 1. The minimum absolute atomic E-state index is 0.487. The van der Waals surface area contributed by atoms with E-state index in [2.05, 4.69) is 6.58 Å². The molecule has 0 saturated heterocycles. The number of rotatable bonds is 5. The van der Waals surface area contributed by atoms with E-state index in [0.29, 0.717) is 13.0 Å². The highest BCUT2D eigenvalue weighted by atomic mass is 35.5. The summed E-state index contributed by atoms with van der Waals surface area (Å²) in [5.74, 6) is -0.487. The van der Waals surface area contributed by atoms with Crippen LogP contribution in [0.2, 0.25) is 0 Å². The third-order valence-corrected chi connectivity index (χ3v) is 1.99. The lowest BCUT2D eigenvalue weighted by Crippen LogP contribution is -2.38. The van der Waals surface area contributed by atoms with E-state index in [-0.39, 0.29) is 0 Å². The first-order chi connectivity index (χ1) is 5.93. The van der Waals surface area contributed by atoms with Crippen LogP contribution in [0.1, 0.15) is 13.3 Å². The van der Waals surface area contributed by atoms with Crippen molar-refractivity contribution in [3.63, 3.8) is 0 Å². The highest BCUT2D eigenvalue weighted by Gasteiger charge is 2.29. The fourth-order valence-electron chi connectivity index (χ4n) is 0.910. The number of hydrogen-bond donors (Lipinski definition) is 0. The second kappa shape index (κ2) is 5.25. The Kier molecular flexibility index (Phi) is 5.03. The van der Waals surface area contributed by atoms with Gasteiger partial charge >= 0.3 is 5.97 Å². The Morgan fingerprint density at radius 3 is 2.54 bits per heavy atom. The summed E-state index contributed by atoms with van der Waals surface area (Å²) in [6.07, 6.45) is 1.68. The van der Waals surface area contributed by atoms with Crippen molar-refractivity contribution in [2.75, 3.05) is 20.6 Å². The molecule has 0 aliphatic rings. The zero-order chi connectivity index (χ0) is 10.5. The smallest absolute Gasteiger partial charge is 0.331 e. The maximum Gasteiger partial charge on any atom is 0.331 e. The van der Waals surface area contributed by atoms with E-state index < -0.39 is 11.0 Å². The molecule has 0 spiro atoms. The predicted molar refractivity (Wildman–Crippen MR) is 53.7 cm³/mol. The van der Waals surface area contributed by atoms with Gasteiger partial charge in [-0.2, -0.15) is 0 Å². The molecule has 0 aliphatic carbocycles. The molecule has 0 aromatic rings. The lowest BCUT2D eigenvalue weighted by Gasteiger charge is -2.28. The van der Waals surface area contributed by atoms with Crippen LogP contribution < -0.4 is 0 Å². The Labute approximate surface area is 84.3 Å². The van der Waals surface area contributed by atoms with Gasteiger partial charge in [-0.05, 0) is 14.1 Å². The lowest BCUT2D eigenvalue weighted by atomic mass is 10.2. The van der Waals surface area contributed by atoms with Crippen molar-refractivity contribution in [2.24, 2.45) is 0 Å². The molecule has 0 aromatic heterocycles. The largest absolute Gasteiger partial charge is 0.439 e. The first kappa shape index (κ1) is 12.5. The minimum atomic E-state index is -0.936. The summed E-state index contributed by atoms with van der Waals surface area (Å²) >= 11 is 6.06. The Hall–Kier alpha value is -0.540. The molecule has 4 heteroatoms. The molecule has 0 rings (SSSR count). The number of carbonyl (C=O) groups excluding carboxylic acids is 1. The third-order valence-electron chi connectivity index (χ3n) is 1.53. The van der Waals surface area contributed by atoms with Gasteiger partial charge in [0.05, 0.1) is 6.54 Å². The molecular formula is C9H16ClNO2. The highest BCUT2D eigenvalue weighted by Crippen LogP contribution is 2.22. The molecule has 0 aromatic carbocycles. The molecule has 0 bridgehead atoms. The Morgan fingerprint density at radius 2 is 2.23 bits per heavy atom. The van der Waals surface area contributed by atoms with Crippen LogP contribution in [0.25, 0.3) is 0 Å². The summed E-state index contributed by atoms with van der Waals surface area (Å²) in [7, 11) is 3.74. The van der Waals surface area contributed by atoms with Crippen molar-refractivity contribution in [2.45, 2.75) is 18.4 Å². The fourth-order valence-corrected chi connectivity index (χ4v) is 1.23. The first-order valence-electron chi connectivity index (χ1n) is 4.12. The number of hydrogen-bond acceptors (Lipinski definition) is 3. The Bertz CT molecular complexity index is 194. The van der Waals surface area contributed by atoms with Crippen LogP contribution in [0.4, 0.5) is 0 Å². The van der Waals surface area contributed by atoms with Gasteiger partial charge in [-0.1, -0.05) is 25.1 Å². The van der Waals surface area contributed by atoms with E-state index in [4.69, 9.17) is 16.3 Å². The maximum atomic E-state index is 10.9. The van der Waals surface area contributed by atoms with Gasteiger partial charge in [-0.3, -0.25) is 0 Å². The van der Waals surface area contributed by atoms with Crippen molar-refractivity contribution in [3.8, 4) is 0 Å². The molecule has 0 aliphatic heterocycles. The SMILES string of the molecule is C=CC(=O)OC(Cl)(CC)CN(C)C. The summed E-state index contributed by atoms with van der Waals surface area (Å²) in [6, 6.07) is 0. The number of esters is 1. The summed E-state index contributed by atoms with van der Waals surface area (Å²) in [5, 5.41) is -0.936. The molecule has 0 saturated carbocycles. The molecule has 3 nitrogen and oxygen atoms in total. The molecule has 1 atom stereocenters. The maximum absolute atomic E-state index is 10.9. The van der Waals surface area contributed by atoms with E-state index in [1.54, 1.807) is 0 Å². The van der Waals surface area contributed by atoms with Crippen molar-refractivity contribution < 1.29 is 9.53 Å². The number of ether oxygens (including phenoxy) is 1. The number of nitrogens with zero attached hydrogens (tertiary/aromatic N) is 1. The Balaban J connectivity index is 4.26. The van der Waals surface area contributed by atoms with Gasteiger partial charge < -0.3 is 9.64 Å². The van der Waals surface area contributed by atoms with Gasteiger partial charge in [0, 0.05) is 12.5 Å². The Morgan fingerprint density at radius 1 is 1.69 bits per heavy atom. The first-order valence-corrected chi connectivity index (χ1v) is 4.50. The van der Waals surface area contributed by atoms with Gasteiger partial charge in [0.2, 0.25) is 0 Å². The van der Waals surface area contributed by atoms with Gasteiger partial charge in [0.25, 0.3) is 0 Å². The zero-order valence-corrected chi connectivity index (χ0v) is 9.10. The van der Waals surface area contributed by atoms with Crippen LogP contribution in [-0.2, 0) is 9.53 Å². The molecule has 0 heterocycles. The minimum Gasteiger partial charge on any atom is -0.439 e. The summed E-state index contributed by atoms with van der Waals surface area (Å²) in [6.45, 7) is 5.67. The van der Waals surface area contributed by atoms with Gasteiger partial charge in [0.15, 0.2) is 5.06 Å². The molecule has 0 amide bonds. The van der Waals surface area contributed by atoms with Gasteiger partial charge in [-0.25, -0.2) is 4.79 Å². The second-order valence-electron chi connectivity index (χ2n) is 3.10. The van der Waals surface area contributed by atoms with Gasteiger partial charge in [0.1, 0.15) is 0 Å². The molecule has 1 unspecified atom stereocenters. The quantitative estimate of drug-likeness (QED) is 0.388. The topological polar surface area (TPSA) is 29.5 Å². The van der Waals surface area contributed by atoms with Gasteiger partial charge in [-0.15, -0.1) is 0 Å². The number of alkyl halides is 1. The van der Waals surface area contributed by atoms with Crippen LogP contribution in [0, 0.1) is 0 Å². The van der Waals surface area contributed by atoms with E-state index >= 15 is 0 Å². The highest BCUT2D eigenvalue weighted by molar-refractivity contribution is 6.23. The average molecular weight is 206 g/mol. The molecule has 0 N–H and O–H groups in total. The van der Waals surface area contributed by atoms with E-state index in [1.165, 1.54) is 0 Å². The van der Waals surface area contributed by atoms with Crippen LogP contribution >= 0.6 is 11.6 Å². The third kappa shape index (κ3) is 4.90. The predicted octanol–water partition coefficient (Wildman–Crippen LogP) is 1.62.